The van der Waals surface area contributed by atoms with Crippen LogP contribution in [0, 0.1) is 5.82 Å². The van der Waals surface area contributed by atoms with E-state index in [0.29, 0.717) is 6.61 Å². The fourth-order valence-corrected chi connectivity index (χ4v) is 3.98. The minimum absolute atomic E-state index is 0.0838. The first kappa shape index (κ1) is 18.6. The summed E-state index contributed by atoms with van der Waals surface area (Å²) < 4.78 is 27.5. The van der Waals surface area contributed by atoms with Gasteiger partial charge >= 0.3 is 5.97 Å². The molecule has 0 atom stereocenters. The van der Waals surface area contributed by atoms with Gasteiger partial charge in [-0.15, -0.1) is 0 Å². The van der Waals surface area contributed by atoms with Crippen molar-refractivity contribution in [1.29, 1.82) is 0 Å². The first-order chi connectivity index (χ1) is 12.2. The Morgan fingerprint density at radius 1 is 1.38 bits per heavy atom. The number of ether oxygens (including phenoxy) is 2. The zero-order valence-corrected chi connectivity index (χ0v) is 15.8. The van der Waals surface area contributed by atoms with Crippen molar-refractivity contribution in [1.82, 2.24) is 9.38 Å². The highest BCUT2D eigenvalue weighted by Gasteiger charge is 2.61. The van der Waals surface area contributed by atoms with Gasteiger partial charge in [-0.3, -0.25) is 0 Å². The van der Waals surface area contributed by atoms with Gasteiger partial charge in [0.05, 0.1) is 24.0 Å². The minimum Gasteiger partial charge on any atom is -0.487 e. The second-order valence-electron chi connectivity index (χ2n) is 7.39. The van der Waals surface area contributed by atoms with Gasteiger partial charge in [-0.25, -0.2) is 9.78 Å². The fourth-order valence-electron chi connectivity index (χ4n) is 3.98. The van der Waals surface area contributed by atoms with Gasteiger partial charge in [0.2, 0.25) is 5.82 Å². The number of imidazole rings is 1. The molecule has 1 saturated carbocycles. The summed E-state index contributed by atoms with van der Waals surface area (Å²) in [5.41, 5.74) is 0.327. The molecule has 142 valence electrons. The molecule has 3 fully saturated rings. The average Bonchev–Trinajstić information content (AvgIpc) is 3.22. The highest BCUT2D eigenvalue weighted by molar-refractivity contribution is 5.91. The van der Waals surface area contributed by atoms with Gasteiger partial charge in [0.1, 0.15) is 5.56 Å². The van der Waals surface area contributed by atoms with Crippen LogP contribution < -0.4 is 4.74 Å². The second-order valence-corrected chi connectivity index (χ2v) is 7.39. The van der Waals surface area contributed by atoms with Crippen LogP contribution in [0.3, 0.4) is 0 Å². The molecule has 0 amide bonds. The van der Waals surface area contributed by atoms with Gasteiger partial charge in [0.25, 0.3) is 0 Å². The third-order valence-corrected chi connectivity index (χ3v) is 4.89. The summed E-state index contributed by atoms with van der Waals surface area (Å²) in [5, 5.41) is 9.37. The number of hydrogen-bond donors (Lipinski definition) is 1. The van der Waals surface area contributed by atoms with Gasteiger partial charge < -0.3 is 19.0 Å². The highest BCUT2D eigenvalue weighted by atomic mass is 19.1. The Balaban J connectivity index is 0.000000948. The molecule has 26 heavy (non-hydrogen) atoms. The number of carboxylic acids is 1. The molecule has 0 aromatic carbocycles. The third-order valence-electron chi connectivity index (χ3n) is 4.89. The molecule has 6 nitrogen and oxygen atoms in total. The first-order valence-electron chi connectivity index (χ1n) is 8.99. The fraction of sp³-hybridized carbons (Fsp3) is 0.579. The monoisotopic (exact) mass is 364 g/mol. The van der Waals surface area contributed by atoms with Crippen molar-refractivity contribution >= 4 is 11.6 Å². The maximum atomic E-state index is 14.9. The summed E-state index contributed by atoms with van der Waals surface area (Å²) in [6, 6.07) is 0. The summed E-state index contributed by atoms with van der Waals surface area (Å²) in [4.78, 5) is 15.9. The summed E-state index contributed by atoms with van der Waals surface area (Å²) >= 11 is 0. The molecule has 1 aliphatic carbocycles. The molecule has 0 spiro atoms. The molecule has 0 unspecified atom stereocenters. The van der Waals surface area contributed by atoms with E-state index in [1.807, 2.05) is 13.8 Å². The van der Waals surface area contributed by atoms with E-state index < -0.39 is 11.8 Å². The Morgan fingerprint density at radius 2 is 2.04 bits per heavy atom. The molecule has 2 bridgehead atoms. The quantitative estimate of drug-likeness (QED) is 0.893. The maximum absolute atomic E-state index is 14.9. The van der Waals surface area contributed by atoms with E-state index in [0.717, 1.165) is 18.5 Å². The van der Waals surface area contributed by atoms with Crippen LogP contribution in [0.2, 0.25) is 0 Å². The van der Waals surface area contributed by atoms with Gasteiger partial charge in [0.15, 0.2) is 11.4 Å². The van der Waals surface area contributed by atoms with Crippen LogP contribution in [0.1, 0.15) is 63.5 Å². The van der Waals surface area contributed by atoms with Crippen LogP contribution in [-0.4, -0.2) is 38.8 Å². The molecule has 2 aliphatic heterocycles. The largest absolute Gasteiger partial charge is 0.487 e. The molecule has 0 radical (unpaired) electrons. The lowest BCUT2D eigenvalue weighted by molar-refractivity contribution is 0.0154. The van der Waals surface area contributed by atoms with Crippen molar-refractivity contribution in [2.45, 2.75) is 64.6 Å². The van der Waals surface area contributed by atoms with Gasteiger partial charge in [-0.1, -0.05) is 13.8 Å². The molecular weight excluding hydrogens is 339 g/mol. The van der Waals surface area contributed by atoms with Crippen molar-refractivity contribution in [3.63, 3.8) is 0 Å². The van der Waals surface area contributed by atoms with E-state index >= 15 is 0 Å². The summed E-state index contributed by atoms with van der Waals surface area (Å²) in [6.45, 7) is 10.1. The number of pyridine rings is 1. The Hall–Kier alpha value is -2.15. The first-order valence-corrected chi connectivity index (χ1v) is 8.99. The van der Waals surface area contributed by atoms with Gasteiger partial charge in [0, 0.05) is 17.8 Å². The van der Waals surface area contributed by atoms with Crippen molar-refractivity contribution in [2.24, 2.45) is 0 Å². The molecule has 5 rings (SSSR count). The molecule has 4 heterocycles. The van der Waals surface area contributed by atoms with E-state index in [1.165, 1.54) is 10.6 Å². The number of nitrogens with zero attached hydrogens (tertiary/aromatic N) is 2. The molecular formula is C19H25FN2O4. The van der Waals surface area contributed by atoms with Crippen LogP contribution >= 0.6 is 0 Å². The number of carbonyl (C=O) groups is 1. The van der Waals surface area contributed by atoms with E-state index in [2.05, 4.69) is 11.9 Å². The Labute approximate surface area is 151 Å². The predicted molar refractivity (Wildman–Crippen MR) is 94.5 cm³/mol. The molecule has 3 aliphatic rings. The maximum Gasteiger partial charge on any atom is 0.341 e. The molecule has 2 aromatic heterocycles. The summed E-state index contributed by atoms with van der Waals surface area (Å²) in [7, 11) is 0. The third kappa shape index (κ3) is 2.74. The number of halogens is 1. The number of aromatic carboxylic acids is 1. The number of fused-ring (bicyclic) bond motifs is 2. The van der Waals surface area contributed by atoms with Crippen LogP contribution in [0.25, 0.3) is 5.65 Å². The molecule has 2 aromatic rings. The van der Waals surface area contributed by atoms with E-state index in [4.69, 9.17) is 9.47 Å². The molecule has 2 saturated heterocycles. The smallest absolute Gasteiger partial charge is 0.341 e. The predicted octanol–water partition coefficient (Wildman–Crippen LogP) is 3.81. The zero-order chi connectivity index (χ0) is 19.3. The van der Waals surface area contributed by atoms with Crippen molar-refractivity contribution in [3.8, 4) is 5.75 Å². The topological polar surface area (TPSA) is 73.1 Å². The molecule has 1 N–H and O–H groups in total. The van der Waals surface area contributed by atoms with E-state index in [-0.39, 0.29) is 34.1 Å². The lowest BCUT2D eigenvalue weighted by Crippen LogP contribution is -2.45. The number of hydrogen-bond acceptors (Lipinski definition) is 4. The summed E-state index contributed by atoms with van der Waals surface area (Å²) in [6.07, 6.45) is 4.43. The van der Waals surface area contributed by atoms with Crippen molar-refractivity contribution in [3.05, 3.63) is 29.5 Å². The number of aromatic nitrogens is 2. The highest BCUT2D eigenvalue weighted by Crippen LogP contribution is 2.58. The Kier molecular flexibility index (Phi) is 4.46. The number of carboxylic acid groups (broad SMARTS) is 1. The van der Waals surface area contributed by atoms with Crippen molar-refractivity contribution in [2.75, 3.05) is 6.61 Å². The van der Waals surface area contributed by atoms with Gasteiger partial charge in [-0.05, 0) is 33.6 Å². The lowest BCUT2D eigenvalue weighted by atomic mass is 9.62. The Morgan fingerprint density at radius 3 is 2.54 bits per heavy atom. The van der Waals surface area contributed by atoms with Gasteiger partial charge in [-0.2, -0.15) is 4.39 Å². The lowest BCUT2D eigenvalue weighted by Gasteiger charge is -2.41. The van der Waals surface area contributed by atoms with E-state index in [9.17, 15) is 14.3 Å². The normalized spacial score (nSPS) is 26.4. The van der Waals surface area contributed by atoms with E-state index in [1.54, 1.807) is 20.0 Å². The standard InChI is InChI=1S/C17H19FN2O4.C2H6/c1-9(2)24-13-10(15(21)22)4-20-5-11(19-14(20)12(13)18)17-6-16(3,7-17)23-8-17;1-2/h4-5,9H,6-8H2,1-3H3,(H,21,22);1-2H3. The van der Waals surface area contributed by atoms with Crippen LogP contribution in [0.15, 0.2) is 12.4 Å². The Bertz CT molecular complexity index is 853. The van der Waals surface area contributed by atoms with Crippen molar-refractivity contribution < 1.29 is 23.8 Å². The average molecular weight is 364 g/mol. The summed E-state index contributed by atoms with van der Waals surface area (Å²) in [5.74, 6) is -2.24. The molecule has 7 heteroatoms. The number of rotatable bonds is 4. The SMILES string of the molecule is CC.CC(C)Oc1c(C(=O)O)cn2cc(C34COC(C)(C3)C4)nc2c1F. The zero-order valence-electron chi connectivity index (χ0n) is 15.8. The van der Waals surface area contributed by atoms with Crippen LogP contribution in [-0.2, 0) is 10.2 Å². The second kappa shape index (κ2) is 6.23. The van der Waals surface area contributed by atoms with Crippen LogP contribution in [0.5, 0.6) is 5.75 Å². The minimum atomic E-state index is -1.24. The van der Waals surface area contributed by atoms with Crippen LogP contribution in [0.4, 0.5) is 4.39 Å².